The summed E-state index contributed by atoms with van der Waals surface area (Å²) in [4.78, 5) is 11.6. The molecule has 0 aromatic heterocycles. The quantitative estimate of drug-likeness (QED) is 0.859. The molecule has 0 amide bonds. The maximum Gasteiger partial charge on any atom is 0.319 e. The van der Waals surface area contributed by atoms with E-state index >= 15 is 0 Å². The summed E-state index contributed by atoms with van der Waals surface area (Å²) in [5, 5.41) is 0. The third-order valence-corrected chi connectivity index (χ3v) is 4.95. The number of nitrogens with two attached hydrogens (primary N) is 1. The first-order valence-electron chi connectivity index (χ1n) is 7.90. The Morgan fingerprint density at radius 1 is 1.27 bits per heavy atom. The second kappa shape index (κ2) is 7.98. The van der Waals surface area contributed by atoms with Crippen molar-refractivity contribution in [2.45, 2.75) is 51.6 Å². The van der Waals surface area contributed by atoms with E-state index in [0.29, 0.717) is 11.8 Å². The number of ether oxygens (including phenoxy) is 1. The molecule has 0 bridgehead atoms. The van der Waals surface area contributed by atoms with Crippen LogP contribution in [0.3, 0.4) is 0 Å². The van der Waals surface area contributed by atoms with Gasteiger partial charge in [0.25, 0.3) is 0 Å². The highest BCUT2D eigenvalue weighted by atomic mass is 35.5. The van der Waals surface area contributed by atoms with Crippen LogP contribution >= 0.6 is 12.4 Å². The van der Waals surface area contributed by atoms with Crippen molar-refractivity contribution < 1.29 is 9.53 Å². The van der Waals surface area contributed by atoms with Crippen molar-refractivity contribution in [2.75, 3.05) is 6.54 Å². The summed E-state index contributed by atoms with van der Waals surface area (Å²) in [6.45, 7) is 6.71. The van der Waals surface area contributed by atoms with Crippen molar-refractivity contribution in [3.8, 4) is 0 Å². The fourth-order valence-corrected chi connectivity index (χ4v) is 3.58. The lowest BCUT2D eigenvalue weighted by molar-refractivity contribution is -0.154. The lowest BCUT2D eigenvalue weighted by Gasteiger charge is -2.43. The molecule has 1 aliphatic rings. The molecule has 1 aliphatic carbocycles. The fourth-order valence-electron chi connectivity index (χ4n) is 3.58. The molecule has 1 aromatic rings. The van der Waals surface area contributed by atoms with Crippen LogP contribution in [0.4, 0.5) is 0 Å². The van der Waals surface area contributed by atoms with Crippen LogP contribution in [0, 0.1) is 11.8 Å². The Kier molecular flexibility index (Phi) is 6.89. The number of carbonyl (C=O) groups is 1. The first-order chi connectivity index (χ1) is 9.95. The highest BCUT2D eigenvalue weighted by Crippen LogP contribution is 2.43. The molecule has 1 saturated carbocycles. The average Bonchev–Trinajstić information content (AvgIpc) is 2.48. The molecular formula is C18H28ClNO2. The molecule has 2 N–H and O–H groups in total. The Morgan fingerprint density at radius 3 is 2.50 bits per heavy atom. The maximum atomic E-state index is 11.6. The molecule has 2 rings (SSSR count). The summed E-state index contributed by atoms with van der Waals surface area (Å²) in [5.74, 6) is 0.651. The van der Waals surface area contributed by atoms with Crippen LogP contribution in [0.5, 0.6) is 0 Å². The van der Waals surface area contributed by atoms with Crippen molar-refractivity contribution in [2.24, 2.45) is 17.6 Å². The molecular weight excluding hydrogens is 298 g/mol. The summed E-state index contributed by atoms with van der Waals surface area (Å²) >= 11 is 0. The van der Waals surface area contributed by atoms with E-state index < -0.39 is 0 Å². The van der Waals surface area contributed by atoms with Crippen LogP contribution in [0.2, 0.25) is 0 Å². The molecule has 4 heteroatoms. The molecule has 124 valence electrons. The maximum absolute atomic E-state index is 11.6. The zero-order valence-corrected chi connectivity index (χ0v) is 14.6. The van der Waals surface area contributed by atoms with Gasteiger partial charge in [-0.05, 0) is 29.7 Å². The summed E-state index contributed by atoms with van der Waals surface area (Å²) < 4.78 is 5.67. The van der Waals surface area contributed by atoms with E-state index in [1.165, 1.54) is 12.0 Å². The van der Waals surface area contributed by atoms with Gasteiger partial charge in [-0.3, -0.25) is 4.79 Å². The van der Waals surface area contributed by atoms with Gasteiger partial charge < -0.3 is 10.5 Å². The van der Waals surface area contributed by atoms with Gasteiger partial charge >= 0.3 is 5.97 Å². The Bertz CT molecular complexity index is 475. The Morgan fingerprint density at radius 2 is 1.91 bits per heavy atom. The van der Waals surface area contributed by atoms with Gasteiger partial charge in [0.15, 0.2) is 0 Å². The second-order valence-corrected chi connectivity index (χ2v) is 6.84. The van der Waals surface area contributed by atoms with E-state index in [9.17, 15) is 4.79 Å². The topological polar surface area (TPSA) is 52.3 Å². The van der Waals surface area contributed by atoms with Crippen LogP contribution in [0.25, 0.3) is 0 Å². The van der Waals surface area contributed by atoms with Gasteiger partial charge in [-0.15, -0.1) is 12.4 Å². The van der Waals surface area contributed by atoms with E-state index in [1.54, 1.807) is 0 Å². The predicted octanol–water partition coefficient (Wildman–Crippen LogP) is 3.69. The minimum absolute atomic E-state index is 0. The summed E-state index contributed by atoms with van der Waals surface area (Å²) in [6, 6.07) is 10.5. The molecule has 3 nitrogen and oxygen atoms in total. The van der Waals surface area contributed by atoms with Gasteiger partial charge in [0.2, 0.25) is 0 Å². The highest BCUT2D eigenvalue weighted by Gasteiger charge is 2.41. The second-order valence-electron chi connectivity index (χ2n) is 6.84. The molecule has 1 aromatic carbocycles. The summed E-state index contributed by atoms with van der Waals surface area (Å²) in [7, 11) is 0. The average molecular weight is 326 g/mol. The monoisotopic (exact) mass is 325 g/mol. The molecule has 0 aliphatic heterocycles. The molecule has 0 heterocycles. The van der Waals surface area contributed by atoms with Crippen LogP contribution < -0.4 is 5.73 Å². The first kappa shape index (κ1) is 19.0. The van der Waals surface area contributed by atoms with Crippen molar-refractivity contribution >= 4 is 18.4 Å². The van der Waals surface area contributed by atoms with Gasteiger partial charge in [0.05, 0.1) is 6.54 Å². The zero-order chi connectivity index (χ0) is 15.5. The Hall–Kier alpha value is -1.06. The van der Waals surface area contributed by atoms with E-state index in [2.05, 4.69) is 45.0 Å². The summed E-state index contributed by atoms with van der Waals surface area (Å²) in [6.07, 6.45) is 3.19. The number of carbonyl (C=O) groups excluding carboxylic acids is 1. The molecule has 3 atom stereocenters. The molecule has 0 spiro atoms. The van der Waals surface area contributed by atoms with Crippen LogP contribution in [-0.4, -0.2) is 18.6 Å². The molecule has 1 fully saturated rings. The third-order valence-electron chi connectivity index (χ3n) is 4.95. The number of hydrogen-bond acceptors (Lipinski definition) is 3. The van der Waals surface area contributed by atoms with Crippen molar-refractivity contribution in [1.29, 1.82) is 0 Å². The number of rotatable bonds is 4. The molecule has 22 heavy (non-hydrogen) atoms. The van der Waals surface area contributed by atoms with E-state index in [1.807, 2.05) is 6.07 Å². The minimum atomic E-state index is -0.289. The molecule has 0 saturated heterocycles. The van der Waals surface area contributed by atoms with Crippen LogP contribution in [-0.2, 0) is 14.9 Å². The molecule has 0 radical (unpaired) electrons. The fraction of sp³-hybridized carbons (Fsp3) is 0.611. The number of halogens is 1. The number of hydrogen-bond donors (Lipinski definition) is 1. The number of benzene rings is 1. The van der Waals surface area contributed by atoms with Crippen molar-refractivity contribution in [1.82, 2.24) is 0 Å². The van der Waals surface area contributed by atoms with Gasteiger partial charge in [0.1, 0.15) is 6.10 Å². The van der Waals surface area contributed by atoms with Gasteiger partial charge in [-0.2, -0.15) is 0 Å². The van der Waals surface area contributed by atoms with E-state index in [-0.39, 0.29) is 36.4 Å². The Balaban J connectivity index is 0.00000242. The molecule has 0 unspecified atom stereocenters. The lowest BCUT2D eigenvalue weighted by atomic mass is 9.64. The van der Waals surface area contributed by atoms with Gasteiger partial charge in [0, 0.05) is 5.92 Å². The number of esters is 1. The van der Waals surface area contributed by atoms with Crippen LogP contribution in [0.15, 0.2) is 30.3 Å². The third kappa shape index (κ3) is 4.23. The largest absolute Gasteiger partial charge is 0.461 e. The standard InChI is InChI=1S/C18H27NO2.ClH/c1-13-9-10-15(16(11-13)21-17(20)12-19)18(2,3)14-7-5-4-6-8-14;/h4-8,13,15-16H,9-12,19H2,1-3H3;1H/t13-,15-,16-;/m0./s1. The first-order valence-corrected chi connectivity index (χ1v) is 7.90. The lowest BCUT2D eigenvalue weighted by Crippen LogP contribution is -2.44. The smallest absolute Gasteiger partial charge is 0.319 e. The van der Waals surface area contributed by atoms with E-state index in [0.717, 1.165) is 12.8 Å². The zero-order valence-electron chi connectivity index (χ0n) is 13.7. The predicted molar refractivity (Wildman–Crippen MR) is 92.2 cm³/mol. The minimum Gasteiger partial charge on any atom is -0.461 e. The van der Waals surface area contributed by atoms with E-state index in [4.69, 9.17) is 10.5 Å². The Labute approximate surface area is 140 Å². The van der Waals surface area contributed by atoms with Gasteiger partial charge in [-0.25, -0.2) is 0 Å². The van der Waals surface area contributed by atoms with Crippen molar-refractivity contribution in [3.05, 3.63) is 35.9 Å². The highest BCUT2D eigenvalue weighted by molar-refractivity contribution is 5.85. The van der Waals surface area contributed by atoms with Crippen molar-refractivity contribution in [3.63, 3.8) is 0 Å². The normalized spacial score (nSPS) is 25.2. The van der Waals surface area contributed by atoms with Crippen LogP contribution in [0.1, 0.15) is 45.6 Å². The summed E-state index contributed by atoms with van der Waals surface area (Å²) in [5.41, 5.74) is 6.71. The SMILES string of the molecule is C[C@H]1CC[C@H](C(C)(C)c2ccccc2)[C@@H](OC(=O)CN)C1.Cl. The van der Waals surface area contributed by atoms with Gasteiger partial charge in [-0.1, -0.05) is 57.5 Å².